The summed E-state index contributed by atoms with van der Waals surface area (Å²) in [5.74, 6) is 0.843. The van der Waals surface area contributed by atoms with Gasteiger partial charge in [-0.3, -0.25) is 0 Å². The van der Waals surface area contributed by atoms with E-state index >= 15 is 0 Å². The molecule has 70 valence electrons. The van der Waals surface area contributed by atoms with E-state index in [2.05, 4.69) is 13.8 Å². The van der Waals surface area contributed by atoms with Crippen LogP contribution >= 0.6 is 0 Å². The normalized spacial score (nSPS) is 11.7. The Hall–Kier alpha value is -0.0400. The average Bonchev–Trinajstić information content (AvgIpc) is 2.05. The summed E-state index contributed by atoms with van der Waals surface area (Å²) in [6.07, 6.45) is 5.23. The van der Waals surface area contributed by atoms with E-state index in [1.54, 1.807) is 0 Å². The molecule has 2 N–H and O–H groups in total. The third kappa shape index (κ3) is 13.0. The Morgan fingerprint density at radius 1 is 1.18 bits per heavy atom. The van der Waals surface area contributed by atoms with Crippen LogP contribution < -0.4 is 5.73 Å². The molecule has 0 heterocycles. The van der Waals surface area contributed by atoms with Gasteiger partial charge in [-0.1, -0.05) is 47.0 Å². The minimum atomic E-state index is 0.843. The van der Waals surface area contributed by atoms with Crippen molar-refractivity contribution in [2.45, 2.75) is 53.4 Å². The molecule has 0 aliphatic rings. The molecule has 0 aromatic rings. The van der Waals surface area contributed by atoms with Crippen molar-refractivity contribution >= 4 is 0 Å². The molecule has 1 atom stereocenters. The maximum Gasteiger partial charge on any atom is -0.00747 e. The third-order valence-corrected chi connectivity index (χ3v) is 1.71. The van der Waals surface area contributed by atoms with Crippen molar-refractivity contribution in [3.63, 3.8) is 0 Å². The summed E-state index contributed by atoms with van der Waals surface area (Å²) < 4.78 is 0. The molecule has 11 heavy (non-hydrogen) atoms. The molecule has 1 unspecified atom stereocenters. The van der Waals surface area contributed by atoms with E-state index in [-0.39, 0.29) is 0 Å². The van der Waals surface area contributed by atoms with Crippen LogP contribution in [-0.4, -0.2) is 6.54 Å². The fourth-order valence-corrected chi connectivity index (χ4v) is 0.981. The molecule has 0 saturated carbocycles. The maximum absolute atomic E-state index is 5.40. The van der Waals surface area contributed by atoms with Crippen molar-refractivity contribution in [3.05, 3.63) is 0 Å². The Morgan fingerprint density at radius 3 is 2.09 bits per heavy atom. The minimum absolute atomic E-state index is 0.843. The molecule has 0 aliphatic carbocycles. The van der Waals surface area contributed by atoms with Crippen LogP contribution in [0.1, 0.15) is 53.4 Å². The molecule has 1 heteroatoms. The zero-order valence-electron chi connectivity index (χ0n) is 8.69. The first kappa shape index (κ1) is 13.5. The number of hydrogen-bond donors (Lipinski definition) is 1. The monoisotopic (exact) mass is 159 g/mol. The summed E-state index contributed by atoms with van der Waals surface area (Å²) in [4.78, 5) is 0. The van der Waals surface area contributed by atoms with Gasteiger partial charge in [-0.15, -0.1) is 0 Å². The predicted molar refractivity (Wildman–Crippen MR) is 53.7 cm³/mol. The lowest BCUT2D eigenvalue weighted by molar-refractivity contribution is 0.478. The van der Waals surface area contributed by atoms with Crippen molar-refractivity contribution in [2.75, 3.05) is 6.54 Å². The molecule has 1 nitrogen and oxygen atoms in total. The summed E-state index contributed by atoms with van der Waals surface area (Å²) >= 11 is 0. The van der Waals surface area contributed by atoms with Crippen molar-refractivity contribution in [1.29, 1.82) is 0 Å². The first-order valence-corrected chi connectivity index (χ1v) is 5.01. The number of rotatable bonds is 5. The second kappa shape index (κ2) is 12.6. The average molecular weight is 159 g/mol. The topological polar surface area (TPSA) is 26.0 Å². The minimum Gasteiger partial charge on any atom is -0.330 e. The molecule has 0 aromatic carbocycles. The van der Waals surface area contributed by atoms with E-state index in [4.69, 9.17) is 5.73 Å². The zero-order valence-corrected chi connectivity index (χ0v) is 8.69. The van der Waals surface area contributed by atoms with E-state index in [9.17, 15) is 0 Å². The van der Waals surface area contributed by atoms with Crippen LogP contribution in [0.2, 0.25) is 0 Å². The molecule has 0 rings (SSSR count). The lowest BCUT2D eigenvalue weighted by atomic mass is 10.0. The first-order chi connectivity index (χ1) is 5.31. The molecule has 0 bridgehead atoms. The SMILES string of the molecule is CC.CCCCC(C)CCN. The maximum atomic E-state index is 5.40. The predicted octanol–water partition coefficient (Wildman–Crippen LogP) is 3.19. The van der Waals surface area contributed by atoms with Crippen LogP contribution in [0.25, 0.3) is 0 Å². The molecule has 0 aliphatic heterocycles. The van der Waals surface area contributed by atoms with Crippen molar-refractivity contribution in [2.24, 2.45) is 11.7 Å². The second-order valence-electron chi connectivity index (χ2n) is 2.82. The fraction of sp³-hybridized carbons (Fsp3) is 1.00. The summed E-state index contributed by atoms with van der Waals surface area (Å²) in [5.41, 5.74) is 5.40. The molecule has 0 radical (unpaired) electrons. The van der Waals surface area contributed by atoms with Crippen molar-refractivity contribution in [1.82, 2.24) is 0 Å². The van der Waals surface area contributed by atoms with Gasteiger partial charge in [0.05, 0.1) is 0 Å². The smallest absolute Gasteiger partial charge is 0.00747 e. The van der Waals surface area contributed by atoms with Gasteiger partial charge in [0.25, 0.3) is 0 Å². The van der Waals surface area contributed by atoms with Gasteiger partial charge in [0.1, 0.15) is 0 Å². The van der Waals surface area contributed by atoms with E-state index < -0.39 is 0 Å². The summed E-state index contributed by atoms with van der Waals surface area (Å²) in [6.45, 7) is 9.36. The Balaban J connectivity index is 0. The van der Waals surface area contributed by atoms with E-state index in [0.717, 1.165) is 12.5 Å². The summed E-state index contributed by atoms with van der Waals surface area (Å²) in [6, 6.07) is 0. The van der Waals surface area contributed by atoms with Crippen LogP contribution in [0.15, 0.2) is 0 Å². The highest BCUT2D eigenvalue weighted by Crippen LogP contribution is 2.09. The Kier molecular flexibility index (Phi) is 15.5. The van der Waals surface area contributed by atoms with Crippen molar-refractivity contribution in [3.8, 4) is 0 Å². The van der Waals surface area contributed by atoms with Crippen LogP contribution in [0, 0.1) is 5.92 Å². The Labute approximate surface area is 72.4 Å². The zero-order chi connectivity index (χ0) is 9.11. The molecule has 0 spiro atoms. The highest BCUT2D eigenvalue weighted by molar-refractivity contribution is 4.52. The van der Waals surface area contributed by atoms with Crippen LogP contribution in [0.4, 0.5) is 0 Å². The summed E-state index contributed by atoms with van der Waals surface area (Å²) in [7, 11) is 0. The Morgan fingerprint density at radius 2 is 1.73 bits per heavy atom. The van der Waals surface area contributed by atoms with Gasteiger partial charge < -0.3 is 5.73 Å². The van der Waals surface area contributed by atoms with Crippen LogP contribution in [0.3, 0.4) is 0 Å². The molecule has 0 saturated heterocycles. The van der Waals surface area contributed by atoms with Gasteiger partial charge in [0.2, 0.25) is 0 Å². The van der Waals surface area contributed by atoms with Crippen LogP contribution in [-0.2, 0) is 0 Å². The highest BCUT2D eigenvalue weighted by atomic mass is 14.5. The number of nitrogens with two attached hydrogens (primary N) is 1. The standard InChI is InChI=1S/C8H19N.C2H6/c1-3-4-5-8(2)6-7-9;1-2/h8H,3-7,9H2,1-2H3;1-2H3. The van der Waals surface area contributed by atoms with Gasteiger partial charge in [-0.2, -0.15) is 0 Å². The van der Waals surface area contributed by atoms with Gasteiger partial charge in [-0.25, -0.2) is 0 Å². The van der Waals surface area contributed by atoms with E-state index in [0.29, 0.717) is 0 Å². The van der Waals surface area contributed by atoms with Gasteiger partial charge in [0, 0.05) is 0 Å². The molecule has 0 fully saturated rings. The third-order valence-electron chi connectivity index (χ3n) is 1.71. The van der Waals surface area contributed by atoms with Crippen molar-refractivity contribution < 1.29 is 0 Å². The van der Waals surface area contributed by atoms with E-state index in [1.807, 2.05) is 13.8 Å². The number of hydrogen-bond acceptors (Lipinski definition) is 1. The van der Waals surface area contributed by atoms with Gasteiger partial charge in [-0.05, 0) is 18.9 Å². The van der Waals surface area contributed by atoms with Crippen LogP contribution in [0.5, 0.6) is 0 Å². The summed E-state index contributed by atoms with van der Waals surface area (Å²) in [5, 5.41) is 0. The number of unbranched alkanes of at least 4 members (excludes halogenated alkanes) is 1. The molecular weight excluding hydrogens is 134 g/mol. The molecule has 0 amide bonds. The molecular formula is C10H25N. The van der Waals surface area contributed by atoms with Gasteiger partial charge >= 0.3 is 0 Å². The lowest BCUT2D eigenvalue weighted by Crippen LogP contribution is -2.05. The molecule has 0 aromatic heterocycles. The lowest BCUT2D eigenvalue weighted by Gasteiger charge is -2.06. The highest BCUT2D eigenvalue weighted by Gasteiger charge is 1.97. The largest absolute Gasteiger partial charge is 0.330 e. The fourth-order valence-electron chi connectivity index (χ4n) is 0.981. The first-order valence-electron chi connectivity index (χ1n) is 5.01. The second-order valence-corrected chi connectivity index (χ2v) is 2.82. The van der Waals surface area contributed by atoms with E-state index in [1.165, 1.54) is 25.7 Å². The quantitative estimate of drug-likeness (QED) is 0.655. The van der Waals surface area contributed by atoms with Gasteiger partial charge in [0.15, 0.2) is 0 Å². The Bertz CT molecular complexity index is 52.8.